The smallest absolute Gasteiger partial charge is 0.143 e. The van der Waals surface area contributed by atoms with Gasteiger partial charge in [-0.1, -0.05) is 103 Å². The zero-order chi connectivity index (χ0) is 26.9. The molecule has 190 valence electrons. The number of rotatable bonds is 1. The van der Waals surface area contributed by atoms with Crippen molar-refractivity contribution in [3.63, 3.8) is 0 Å². The predicted molar refractivity (Wildman–Crippen MR) is 170 cm³/mol. The third-order valence-electron chi connectivity index (χ3n) is 8.49. The van der Waals surface area contributed by atoms with E-state index in [1.807, 2.05) is 24.4 Å². The first-order valence-corrected chi connectivity index (χ1v) is 14.0. The molecule has 0 saturated carbocycles. The van der Waals surface area contributed by atoms with Crippen LogP contribution < -0.4 is 0 Å². The molecule has 6 aromatic carbocycles. The Morgan fingerprint density at radius 1 is 0.415 bits per heavy atom. The van der Waals surface area contributed by atoms with Gasteiger partial charge < -0.3 is 4.42 Å². The second-order valence-electron chi connectivity index (χ2n) is 10.7. The number of nitrogens with zero attached hydrogens (tertiary/aromatic N) is 1. The molecule has 0 spiro atoms. The molecule has 0 unspecified atom stereocenters. The lowest BCUT2D eigenvalue weighted by Gasteiger charge is -2.24. The summed E-state index contributed by atoms with van der Waals surface area (Å²) in [5.41, 5.74) is 14.8. The predicted octanol–water partition coefficient (Wildman–Crippen LogP) is 10.8. The van der Waals surface area contributed by atoms with Gasteiger partial charge in [0.1, 0.15) is 11.2 Å². The van der Waals surface area contributed by atoms with Gasteiger partial charge in [0.05, 0.1) is 5.52 Å². The van der Waals surface area contributed by atoms with E-state index in [4.69, 9.17) is 9.40 Å². The number of hydrogen-bond acceptors (Lipinski definition) is 2. The molecule has 9 rings (SSSR count). The minimum Gasteiger partial charge on any atom is -0.455 e. The highest BCUT2D eigenvalue weighted by Gasteiger charge is 2.23. The van der Waals surface area contributed by atoms with Gasteiger partial charge in [0.25, 0.3) is 0 Å². The molecule has 2 nitrogen and oxygen atoms in total. The highest BCUT2D eigenvalue weighted by Crippen LogP contribution is 2.49. The van der Waals surface area contributed by atoms with Crippen LogP contribution in [0.4, 0.5) is 0 Å². The summed E-state index contributed by atoms with van der Waals surface area (Å²) in [4.78, 5) is 4.72. The van der Waals surface area contributed by atoms with Crippen LogP contribution >= 0.6 is 0 Å². The van der Waals surface area contributed by atoms with E-state index in [0.29, 0.717) is 0 Å². The minimum absolute atomic E-state index is 0.913. The maximum absolute atomic E-state index is 6.44. The number of pyridine rings is 1. The number of hydrogen-bond donors (Lipinski definition) is 0. The van der Waals surface area contributed by atoms with Crippen LogP contribution in [0.2, 0.25) is 0 Å². The monoisotopic (exact) mass is 521 g/mol. The van der Waals surface area contributed by atoms with Crippen molar-refractivity contribution in [2.75, 3.05) is 0 Å². The lowest BCUT2D eigenvalue weighted by molar-refractivity contribution is 0.670. The van der Waals surface area contributed by atoms with Crippen LogP contribution in [0.15, 0.2) is 144 Å². The maximum Gasteiger partial charge on any atom is 0.143 e. The van der Waals surface area contributed by atoms with Gasteiger partial charge >= 0.3 is 0 Å². The van der Waals surface area contributed by atoms with Crippen LogP contribution in [0.25, 0.3) is 88.5 Å². The van der Waals surface area contributed by atoms with E-state index < -0.39 is 0 Å². The first-order chi connectivity index (χ1) is 20.3. The molecule has 0 radical (unpaired) electrons. The molecule has 2 heterocycles. The van der Waals surface area contributed by atoms with Crippen molar-refractivity contribution in [1.82, 2.24) is 4.98 Å². The van der Waals surface area contributed by atoms with Gasteiger partial charge in [-0.25, -0.2) is 0 Å². The van der Waals surface area contributed by atoms with E-state index in [1.165, 1.54) is 44.5 Å². The summed E-state index contributed by atoms with van der Waals surface area (Å²) in [6, 6.07) is 47.9. The molecule has 41 heavy (non-hydrogen) atoms. The van der Waals surface area contributed by atoms with Crippen molar-refractivity contribution >= 4 is 32.8 Å². The van der Waals surface area contributed by atoms with Crippen LogP contribution in [0.1, 0.15) is 0 Å². The lowest BCUT2D eigenvalue weighted by Crippen LogP contribution is -1.98. The van der Waals surface area contributed by atoms with Gasteiger partial charge in [-0.3, -0.25) is 4.98 Å². The van der Waals surface area contributed by atoms with Gasteiger partial charge in [-0.2, -0.15) is 0 Å². The topological polar surface area (TPSA) is 26.0 Å². The van der Waals surface area contributed by atoms with Crippen LogP contribution in [0.5, 0.6) is 0 Å². The Hall–Kier alpha value is -5.47. The third-order valence-corrected chi connectivity index (χ3v) is 8.49. The molecule has 8 aromatic rings. The number of para-hydroxylation sites is 2. The standard InChI is InChI=1S/C39H23NO/c1-3-12-29-27(10-1)28-11-2-4-13-30(28)35-22-25-9-8-20-40-37(25)23-36(35)31-19-18-24(21-34(29)31)26-15-7-16-33-32-14-5-6-17-38(32)41-39(26)33/h1-23H. The van der Waals surface area contributed by atoms with E-state index in [-0.39, 0.29) is 0 Å². The molecular weight excluding hydrogens is 498 g/mol. The van der Waals surface area contributed by atoms with Crippen molar-refractivity contribution < 1.29 is 4.42 Å². The van der Waals surface area contributed by atoms with Gasteiger partial charge in [0.15, 0.2) is 0 Å². The summed E-state index contributed by atoms with van der Waals surface area (Å²) in [7, 11) is 0. The molecule has 2 heteroatoms. The molecule has 1 aliphatic carbocycles. The van der Waals surface area contributed by atoms with Crippen molar-refractivity contribution in [3.05, 3.63) is 140 Å². The number of benzene rings is 6. The van der Waals surface area contributed by atoms with Crippen molar-refractivity contribution in [2.45, 2.75) is 0 Å². The van der Waals surface area contributed by atoms with E-state index >= 15 is 0 Å². The molecule has 0 bridgehead atoms. The van der Waals surface area contributed by atoms with Crippen LogP contribution in [0.3, 0.4) is 0 Å². The van der Waals surface area contributed by atoms with Crippen LogP contribution in [0, 0.1) is 0 Å². The molecular formula is C39H23NO. The fourth-order valence-corrected chi connectivity index (χ4v) is 6.62. The fraction of sp³-hybridized carbons (Fsp3) is 0. The van der Waals surface area contributed by atoms with Gasteiger partial charge in [-0.15, -0.1) is 0 Å². The average Bonchev–Trinajstić information content (AvgIpc) is 3.42. The molecule has 1 aliphatic rings. The Balaban J connectivity index is 1.38. The van der Waals surface area contributed by atoms with Crippen LogP contribution in [-0.2, 0) is 0 Å². The Morgan fingerprint density at radius 2 is 1.02 bits per heavy atom. The maximum atomic E-state index is 6.44. The van der Waals surface area contributed by atoms with Crippen molar-refractivity contribution in [1.29, 1.82) is 0 Å². The summed E-state index contributed by atoms with van der Waals surface area (Å²) >= 11 is 0. The summed E-state index contributed by atoms with van der Waals surface area (Å²) in [6.45, 7) is 0. The zero-order valence-electron chi connectivity index (χ0n) is 22.1. The quantitative estimate of drug-likeness (QED) is 0.215. The zero-order valence-corrected chi connectivity index (χ0v) is 22.1. The third kappa shape index (κ3) is 3.28. The normalized spacial score (nSPS) is 11.9. The summed E-state index contributed by atoms with van der Waals surface area (Å²) in [5, 5.41) is 3.43. The van der Waals surface area contributed by atoms with E-state index in [1.54, 1.807) is 0 Å². The molecule has 2 aromatic heterocycles. The second-order valence-corrected chi connectivity index (χ2v) is 10.7. The van der Waals surface area contributed by atoms with Gasteiger partial charge in [0, 0.05) is 27.9 Å². The molecule has 0 fully saturated rings. The van der Waals surface area contributed by atoms with Crippen molar-refractivity contribution in [2.24, 2.45) is 0 Å². The Morgan fingerprint density at radius 3 is 1.83 bits per heavy atom. The Kier molecular flexibility index (Phi) is 4.64. The Labute approximate surface area is 237 Å². The SMILES string of the molecule is c1ccc2c(c1)-c1ccccc1-c1cc3cccnc3cc1-c1ccc(-c3cccc4c3oc3ccccc34)cc1-2. The minimum atomic E-state index is 0.913. The fourth-order valence-electron chi connectivity index (χ4n) is 6.62. The van der Waals surface area contributed by atoms with Gasteiger partial charge in [-0.05, 0) is 80.4 Å². The highest BCUT2D eigenvalue weighted by molar-refractivity contribution is 6.11. The Bertz CT molecular complexity index is 2320. The lowest BCUT2D eigenvalue weighted by atomic mass is 9.79. The largest absolute Gasteiger partial charge is 0.455 e. The average molecular weight is 522 g/mol. The highest BCUT2D eigenvalue weighted by atomic mass is 16.3. The molecule has 0 aliphatic heterocycles. The molecule has 0 atom stereocenters. The number of aromatic nitrogens is 1. The summed E-state index contributed by atoms with van der Waals surface area (Å²) < 4.78 is 6.44. The van der Waals surface area contributed by atoms with E-state index in [0.717, 1.165) is 44.0 Å². The first-order valence-electron chi connectivity index (χ1n) is 14.0. The van der Waals surface area contributed by atoms with Crippen LogP contribution in [-0.4, -0.2) is 4.98 Å². The second kappa shape index (κ2) is 8.51. The number of furan rings is 1. The van der Waals surface area contributed by atoms with E-state index in [2.05, 4.69) is 115 Å². The molecule has 0 amide bonds. The molecule has 0 N–H and O–H groups in total. The van der Waals surface area contributed by atoms with E-state index in [9.17, 15) is 0 Å². The number of fused-ring (bicyclic) bond motifs is 12. The summed E-state index contributed by atoms with van der Waals surface area (Å²) in [6.07, 6.45) is 1.87. The van der Waals surface area contributed by atoms with Crippen molar-refractivity contribution in [3.8, 4) is 55.6 Å². The molecule has 0 saturated heterocycles. The van der Waals surface area contributed by atoms with Gasteiger partial charge in [0.2, 0.25) is 0 Å². The first kappa shape index (κ1) is 22.4. The summed E-state index contributed by atoms with van der Waals surface area (Å²) in [5.74, 6) is 0.